The third kappa shape index (κ3) is 4.64. The normalized spacial score (nSPS) is 15.5. The Morgan fingerprint density at radius 2 is 1.85 bits per heavy atom. The number of carbonyl (C=O) groups is 1. The van der Waals surface area contributed by atoms with Crippen LogP contribution in [0.3, 0.4) is 0 Å². The molecule has 0 saturated heterocycles. The first kappa shape index (κ1) is 23.0. The van der Waals surface area contributed by atoms with Gasteiger partial charge in [0, 0.05) is 13.2 Å². The molecule has 7 heteroatoms. The smallest absolute Gasteiger partial charge is 0.290 e. The summed E-state index contributed by atoms with van der Waals surface area (Å²) in [6.07, 6.45) is 1.59. The third-order valence-corrected chi connectivity index (χ3v) is 5.59. The number of amides is 1. The van der Waals surface area contributed by atoms with E-state index in [1.54, 1.807) is 4.90 Å². The predicted octanol–water partition coefficient (Wildman–Crippen LogP) is 5.08. The van der Waals surface area contributed by atoms with Crippen molar-refractivity contribution < 1.29 is 23.1 Å². The van der Waals surface area contributed by atoms with E-state index in [1.807, 2.05) is 45.0 Å². The van der Waals surface area contributed by atoms with Crippen molar-refractivity contribution in [1.29, 1.82) is 0 Å². The molecule has 6 nitrogen and oxygen atoms in total. The summed E-state index contributed by atoms with van der Waals surface area (Å²) >= 11 is 0. The maximum atomic E-state index is 13.9. The van der Waals surface area contributed by atoms with Gasteiger partial charge in [0.1, 0.15) is 17.1 Å². The van der Waals surface area contributed by atoms with Gasteiger partial charge in [-0.25, -0.2) is 4.39 Å². The second-order valence-corrected chi connectivity index (χ2v) is 8.41. The van der Waals surface area contributed by atoms with Crippen molar-refractivity contribution in [1.82, 2.24) is 4.90 Å². The van der Waals surface area contributed by atoms with Crippen molar-refractivity contribution >= 4 is 16.9 Å². The quantitative estimate of drug-likeness (QED) is 0.423. The predicted molar refractivity (Wildman–Crippen MR) is 123 cm³/mol. The van der Waals surface area contributed by atoms with Crippen LogP contribution in [0.1, 0.15) is 61.3 Å². The van der Waals surface area contributed by atoms with Gasteiger partial charge >= 0.3 is 0 Å². The van der Waals surface area contributed by atoms with Crippen molar-refractivity contribution in [3.05, 3.63) is 75.4 Å². The van der Waals surface area contributed by atoms with E-state index in [2.05, 4.69) is 0 Å². The largest absolute Gasteiger partial charge is 0.494 e. The number of halogens is 1. The number of fused-ring (bicyclic) bond motifs is 2. The van der Waals surface area contributed by atoms with E-state index in [4.69, 9.17) is 13.9 Å². The molecule has 174 valence electrons. The molecule has 0 aliphatic carbocycles. The maximum Gasteiger partial charge on any atom is 0.290 e. The van der Waals surface area contributed by atoms with Crippen molar-refractivity contribution in [3.63, 3.8) is 0 Å². The minimum absolute atomic E-state index is 0.0141. The first-order valence-electron chi connectivity index (χ1n) is 11.3. The number of hydrogen-bond donors (Lipinski definition) is 0. The van der Waals surface area contributed by atoms with E-state index in [1.165, 1.54) is 12.1 Å². The molecule has 1 aromatic heterocycles. The van der Waals surface area contributed by atoms with Crippen molar-refractivity contribution in [3.8, 4) is 5.75 Å². The van der Waals surface area contributed by atoms with Crippen LogP contribution in [0.5, 0.6) is 5.75 Å². The van der Waals surface area contributed by atoms with E-state index >= 15 is 0 Å². The highest BCUT2D eigenvalue weighted by molar-refractivity contribution is 5.99. The van der Waals surface area contributed by atoms with Gasteiger partial charge in [0.2, 0.25) is 5.76 Å². The molecule has 0 spiro atoms. The summed E-state index contributed by atoms with van der Waals surface area (Å²) in [6.45, 7) is 7.42. The number of nitrogens with zero attached hydrogens (tertiary/aromatic N) is 1. The van der Waals surface area contributed by atoms with Crippen LogP contribution in [0.4, 0.5) is 4.39 Å². The number of benzene rings is 2. The zero-order valence-electron chi connectivity index (χ0n) is 19.1. The lowest BCUT2D eigenvalue weighted by molar-refractivity contribution is 0.0593. The Balaban J connectivity index is 1.76. The summed E-state index contributed by atoms with van der Waals surface area (Å²) < 4.78 is 31.0. The zero-order valence-corrected chi connectivity index (χ0v) is 19.1. The molecule has 0 N–H and O–H groups in total. The van der Waals surface area contributed by atoms with Gasteiger partial charge in [-0.2, -0.15) is 0 Å². The fraction of sp³-hybridized carbons (Fsp3) is 0.385. The Bertz CT molecular complexity index is 1200. The van der Waals surface area contributed by atoms with Crippen molar-refractivity contribution in [2.75, 3.05) is 19.8 Å². The first-order chi connectivity index (χ1) is 15.9. The topological polar surface area (TPSA) is 69.0 Å². The lowest BCUT2D eigenvalue weighted by Crippen LogP contribution is -2.31. The van der Waals surface area contributed by atoms with Crippen LogP contribution < -0.4 is 10.2 Å². The van der Waals surface area contributed by atoms with Crippen LogP contribution in [0.2, 0.25) is 0 Å². The Morgan fingerprint density at radius 3 is 2.55 bits per heavy atom. The summed E-state index contributed by atoms with van der Waals surface area (Å²) in [7, 11) is 0. The standard InChI is InChI=1S/C26H28FNO5/c1-4-13-32-19-9-6-17(7-10-19)23-22-24(29)20-15-18(27)8-11-21(20)33-25(22)26(30)28(23)12-5-14-31-16(2)3/h6-11,15-16,23H,4-5,12-14H2,1-3H3. The van der Waals surface area contributed by atoms with Gasteiger partial charge in [-0.1, -0.05) is 19.1 Å². The molecule has 1 aliphatic heterocycles. The van der Waals surface area contributed by atoms with Crippen molar-refractivity contribution in [2.24, 2.45) is 0 Å². The maximum absolute atomic E-state index is 13.9. The Labute approximate surface area is 191 Å². The van der Waals surface area contributed by atoms with Gasteiger partial charge in [-0.15, -0.1) is 0 Å². The Kier molecular flexibility index (Phi) is 6.79. The minimum atomic E-state index is -0.629. The highest BCUT2D eigenvalue weighted by atomic mass is 19.1. The molecule has 0 radical (unpaired) electrons. The summed E-state index contributed by atoms with van der Waals surface area (Å²) in [5.74, 6) is -0.153. The fourth-order valence-corrected chi connectivity index (χ4v) is 4.09. The van der Waals surface area contributed by atoms with Crippen LogP contribution in [0.25, 0.3) is 11.0 Å². The Morgan fingerprint density at radius 1 is 1.09 bits per heavy atom. The molecule has 2 heterocycles. The van der Waals surface area contributed by atoms with Gasteiger partial charge in [-0.3, -0.25) is 9.59 Å². The average molecular weight is 454 g/mol. The number of rotatable bonds is 9. The zero-order chi connectivity index (χ0) is 23.5. The number of ether oxygens (including phenoxy) is 2. The van der Waals surface area contributed by atoms with Crippen LogP contribution in [0, 0.1) is 5.82 Å². The van der Waals surface area contributed by atoms with Gasteiger partial charge < -0.3 is 18.8 Å². The number of carbonyl (C=O) groups excluding carboxylic acids is 1. The molecule has 33 heavy (non-hydrogen) atoms. The molecule has 0 fully saturated rings. The van der Waals surface area contributed by atoms with E-state index in [-0.39, 0.29) is 34.3 Å². The van der Waals surface area contributed by atoms with Crippen molar-refractivity contribution in [2.45, 2.75) is 45.8 Å². The molecular formula is C26H28FNO5. The molecule has 1 unspecified atom stereocenters. The highest BCUT2D eigenvalue weighted by Gasteiger charge is 2.42. The molecule has 1 aliphatic rings. The molecular weight excluding hydrogens is 425 g/mol. The van der Waals surface area contributed by atoms with Gasteiger partial charge in [-0.05, 0) is 62.6 Å². The minimum Gasteiger partial charge on any atom is -0.494 e. The summed E-state index contributed by atoms with van der Waals surface area (Å²) in [4.78, 5) is 28.4. The van der Waals surface area contributed by atoms with Crippen LogP contribution in [-0.2, 0) is 4.74 Å². The third-order valence-electron chi connectivity index (χ3n) is 5.59. The monoisotopic (exact) mass is 453 g/mol. The molecule has 2 aromatic carbocycles. The first-order valence-corrected chi connectivity index (χ1v) is 11.3. The second-order valence-electron chi connectivity index (χ2n) is 8.41. The number of hydrogen-bond acceptors (Lipinski definition) is 5. The van der Waals surface area contributed by atoms with E-state index in [9.17, 15) is 14.0 Å². The lowest BCUT2D eigenvalue weighted by Gasteiger charge is -2.25. The summed E-state index contributed by atoms with van der Waals surface area (Å²) in [5, 5.41) is 0.124. The molecule has 0 saturated carbocycles. The molecule has 4 rings (SSSR count). The average Bonchev–Trinajstić information content (AvgIpc) is 3.08. The Hall–Kier alpha value is -3.19. The second kappa shape index (κ2) is 9.75. The highest BCUT2D eigenvalue weighted by Crippen LogP contribution is 2.38. The molecule has 0 bridgehead atoms. The lowest BCUT2D eigenvalue weighted by atomic mass is 9.98. The van der Waals surface area contributed by atoms with E-state index in [0.717, 1.165) is 23.8 Å². The molecule has 1 amide bonds. The van der Waals surface area contributed by atoms with E-state index < -0.39 is 17.3 Å². The van der Waals surface area contributed by atoms with E-state index in [0.29, 0.717) is 26.2 Å². The van der Waals surface area contributed by atoms with Gasteiger partial charge in [0.15, 0.2) is 5.43 Å². The van der Waals surface area contributed by atoms with Crippen LogP contribution in [0.15, 0.2) is 51.7 Å². The van der Waals surface area contributed by atoms with Gasteiger partial charge in [0.05, 0.1) is 29.7 Å². The van der Waals surface area contributed by atoms with Gasteiger partial charge in [0.25, 0.3) is 5.91 Å². The molecule has 1 atom stereocenters. The summed E-state index contributed by atoms with van der Waals surface area (Å²) in [5.41, 5.74) is 0.806. The molecule has 3 aromatic rings. The fourth-order valence-electron chi connectivity index (χ4n) is 4.09. The van der Waals surface area contributed by atoms with Crippen LogP contribution in [-0.4, -0.2) is 36.7 Å². The SMILES string of the molecule is CCCOc1ccc(C2c3c(oc4ccc(F)cc4c3=O)C(=O)N2CCCOC(C)C)cc1. The van der Waals surface area contributed by atoms with Crippen LogP contribution >= 0.6 is 0 Å². The summed E-state index contributed by atoms with van der Waals surface area (Å²) in [6, 6.07) is 10.5.